The third-order valence-electron chi connectivity index (χ3n) is 7.18. The molecule has 2 aromatic rings. The first-order valence-corrected chi connectivity index (χ1v) is 12.6. The molecule has 1 atom stereocenters. The van der Waals surface area contributed by atoms with Gasteiger partial charge < -0.3 is 4.90 Å². The monoisotopic (exact) mass is 478 g/mol. The van der Waals surface area contributed by atoms with Crippen LogP contribution in [0.25, 0.3) is 11.1 Å². The minimum atomic E-state index is -0.526. The van der Waals surface area contributed by atoms with Crippen LogP contribution in [0.5, 0.6) is 0 Å². The number of rotatable bonds is 5. The molecule has 5 heteroatoms. The van der Waals surface area contributed by atoms with Crippen LogP contribution in [-0.4, -0.2) is 35.6 Å². The molecule has 36 heavy (non-hydrogen) atoms. The Bertz CT molecular complexity index is 1290. The van der Waals surface area contributed by atoms with Gasteiger partial charge >= 0.3 is 0 Å². The largest absolute Gasteiger partial charge is 0.322 e. The molecule has 1 amide bonds. The molecule has 0 bridgehead atoms. The van der Waals surface area contributed by atoms with Crippen LogP contribution in [0.1, 0.15) is 61.9 Å². The number of aromatic nitrogens is 1. The Hall–Kier alpha value is -3.78. The number of aliphatic imine (C=N–C) groups is 1. The molecule has 1 aromatic heterocycles. The minimum absolute atomic E-state index is 0.0342. The average Bonchev–Trinajstić information content (AvgIpc) is 2.87. The first-order chi connectivity index (χ1) is 17.3. The van der Waals surface area contributed by atoms with E-state index in [-0.39, 0.29) is 11.8 Å². The van der Waals surface area contributed by atoms with Crippen LogP contribution in [0.3, 0.4) is 0 Å². The van der Waals surface area contributed by atoms with E-state index in [9.17, 15) is 10.1 Å². The smallest absolute Gasteiger partial charge is 0.226 e. The van der Waals surface area contributed by atoms with E-state index in [4.69, 9.17) is 4.98 Å². The van der Waals surface area contributed by atoms with Crippen molar-refractivity contribution in [2.45, 2.75) is 51.4 Å². The van der Waals surface area contributed by atoms with E-state index in [0.29, 0.717) is 6.42 Å². The number of carbonyl (C=O) groups is 1. The number of benzene rings is 1. The summed E-state index contributed by atoms with van der Waals surface area (Å²) in [4.78, 5) is 23.5. The number of pyridine rings is 1. The number of carbonyl (C=O) groups excluding carboxylic acids is 1. The van der Waals surface area contributed by atoms with E-state index in [1.165, 1.54) is 11.3 Å². The minimum Gasteiger partial charge on any atom is -0.322 e. The van der Waals surface area contributed by atoms with Crippen LogP contribution in [0.2, 0.25) is 0 Å². The summed E-state index contributed by atoms with van der Waals surface area (Å²) in [5.74, 6) is 0.145. The highest BCUT2D eigenvalue weighted by Gasteiger charge is 2.28. The summed E-state index contributed by atoms with van der Waals surface area (Å²) in [6, 6.07) is 14.8. The Labute approximate surface area is 214 Å². The molecule has 5 nitrogen and oxygen atoms in total. The first-order valence-electron chi connectivity index (χ1n) is 12.6. The highest BCUT2D eigenvalue weighted by molar-refractivity contribution is 5.89. The summed E-state index contributed by atoms with van der Waals surface area (Å²) in [6.07, 6.45) is 14.5. The van der Waals surface area contributed by atoms with E-state index in [1.807, 2.05) is 58.5 Å². The van der Waals surface area contributed by atoms with Gasteiger partial charge in [0, 0.05) is 51.0 Å². The molecule has 0 spiro atoms. The molecule has 1 aliphatic heterocycles. The van der Waals surface area contributed by atoms with E-state index in [1.54, 1.807) is 4.90 Å². The number of allylic oxidation sites excluding steroid dienone is 5. The van der Waals surface area contributed by atoms with Crippen LogP contribution in [0.4, 0.5) is 0 Å². The third kappa shape index (κ3) is 5.71. The quantitative estimate of drug-likeness (QED) is 0.518. The second-order valence-corrected chi connectivity index (χ2v) is 10.2. The van der Waals surface area contributed by atoms with Crippen molar-refractivity contribution < 1.29 is 4.79 Å². The maximum atomic E-state index is 12.6. The van der Waals surface area contributed by atoms with Crippen molar-refractivity contribution in [3.63, 3.8) is 0 Å². The fourth-order valence-corrected chi connectivity index (χ4v) is 4.76. The van der Waals surface area contributed by atoms with Gasteiger partial charge in [0.1, 0.15) is 0 Å². The maximum absolute atomic E-state index is 12.6. The molecule has 0 saturated heterocycles. The van der Waals surface area contributed by atoms with E-state index in [2.05, 4.69) is 47.5 Å². The van der Waals surface area contributed by atoms with Gasteiger partial charge in [-0.1, -0.05) is 42.5 Å². The molecule has 0 saturated carbocycles. The van der Waals surface area contributed by atoms with E-state index in [0.717, 1.165) is 53.6 Å². The van der Waals surface area contributed by atoms with Crippen molar-refractivity contribution in [1.29, 1.82) is 5.26 Å². The van der Waals surface area contributed by atoms with Crippen molar-refractivity contribution >= 4 is 22.8 Å². The number of nitriles is 1. The molecule has 0 N–H and O–H groups in total. The normalized spacial score (nSPS) is 21.3. The van der Waals surface area contributed by atoms with Gasteiger partial charge in [-0.2, -0.15) is 5.26 Å². The van der Waals surface area contributed by atoms with Gasteiger partial charge in [-0.3, -0.25) is 14.8 Å². The molecular formula is C31H34N4O. The molecule has 1 unspecified atom stereocenters. The molecular weight excluding hydrogens is 444 g/mol. The molecule has 4 rings (SSSR count). The zero-order chi connectivity index (χ0) is 25.7. The molecule has 184 valence electrons. The van der Waals surface area contributed by atoms with Gasteiger partial charge in [-0.15, -0.1) is 0 Å². The molecule has 2 heterocycles. The Kier molecular flexibility index (Phi) is 7.64. The fraction of sp³-hybridized carbons (Fsp3) is 0.355. The maximum Gasteiger partial charge on any atom is 0.226 e. The topological polar surface area (TPSA) is 69.3 Å². The summed E-state index contributed by atoms with van der Waals surface area (Å²) >= 11 is 0. The molecule has 1 aromatic carbocycles. The third-order valence-corrected chi connectivity index (χ3v) is 7.18. The summed E-state index contributed by atoms with van der Waals surface area (Å²) in [6.45, 7) is 3.85. The Morgan fingerprint density at radius 2 is 2.00 bits per heavy atom. The zero-order valence-electron chi connectivity index (χ0n) is 21.7. The average molecular weight is 479 g/mol. The van der Waals surface area contributed by atoms with Crippen LogP contribution >= 0.6 is 0 Å². The lowest BCUT2D eigenvalue weighted by Crippen LogP contribution is -2.30. The van der Waals surface area contributed by atoms with Crippen molar-refractivity contribution in [2.75, 3.05) is 14.1 Å². The lowest BCUT2D eigenvalue weighted by Gasteiger charge is -2.29. The molecule has 0 radical (unpaired) electrons. The van der Waals surface area contributed by atoms with Crippen molar-refractivity contribution in [3.05, 3.63) is 89.4 Å². The van der Waals surface area contributed by atoms with E-state index >= 15 is 0 Å². The van der Waals surface area contributed by atoms with Gasteiger partial charge in [0.2, 0.25) is 5.91 Å². The van der Waals surface area contributed by atoms with E-state index < -0.39 is 5.41 Å². The standard InChI is InChI=1S/C31H34N4O/c1-31(2,21-32)26-12-9-22(10-13-26)17-25-19-30(36)35(4)20-28(25)29-18-24(15-16-34-29)23-7-5-6-8-27(33-3)14-11-23/h5,7,9-13,15-16,18,20,25H,6,8,14,17,19H2,1-4H3/b7-5?,23-11+,33-27?. The number of hydrogen-bond donors (Lipinski definition) is 0. The van der Waals surface area contributed by atoms with Gasteiger partial charge in [-0.05, 0) is 73.1 Å². The van der Waals surface area contributed by atoms with Gasteiger partial charge in [-0.25, -0.2) is 0 Å². The summed E-state index contributed by atoms with van der Waals surface area (Å²) in [7, 11) is 3.68. The second-order valence-electron chi connectivity index (χ2n) is 10.2. The second kappa shape index (κ2) is 10.9. The zero-order valence-corrected chi connectivity index (χ0v) is 21.7. The van der Waals surface area contributed by atoms with Crippen molar-refractivity contribution in [2.24, 2.45) is 10.9 Å². The number of hydrogen-bond acceptors (Lipinski definition) is 4. The Morgan fingerprint density at radius 3 is 2.72 bits per heavy atom. The van der Waals surface area contributed by atoms with Crippen LogP contribution in [-0.2, 0) is 16.6 Å². The molecule has 1 aliphatic carbocycles. The van der Waals surface area contributed by atoms with Crippen LogP contribution in [0.15, 0.2) is 72.0 Å². The van der Waals surface area contributed by atoms with Crippen LogP contribution < -0.4 is 0 Å². The van der Waals surface area contributed by atoms with Gasteiger partial charge in [0.15, 0.2) is 0 Å². The first kappa shape index (κ1) is 25.3. The summed E-state index contributed by atoms with van der Waals surface area (Å²) < 4.78 is 0. The SMILES string of the molecule is CN=C1C/C=C(/c2ccnc(C3=CN(C)C(=O)CC3Cc3ccc(C(C)(C)C#N)cc3)c2)C=CCC1. The van der Waals surface area contributed by atoms with Crippen molar-refractivity contribution in [3.8, 4) is 6.07 Å². The predicted octanol–water partition coefficient (Wildman–Crippen LogP) is 6.14. The highest BCUT2D eigenvalue weighted by atomic mass is 16.2. The Balaban J connectivity index is 1.63. The fourth-order valence-electron chi connectivity index (χ4n) is 4.76. The molecule has 2 aliphatic rings. The summed E-state index contributed by atoms with van der Waals surface area (Å²) in [5, 5.41) is 9.44. The van der Waals surface area contributed by atoms with Gasteiger partial charge in [0.25, 0.3) is 0 Å². The van der Waals surface area contributed by atoms with Crippen LogP contribution in [0, 0.1) is 17.2 Å². The molecule has 0 fully saturated rings. The van der Waals surface area contributed by atoms with Crippen molar-refractivity contribution in [1.82, 2.24) is 9.88 Å². The lowest BCUT2D eigenvalue weighted by molar-refractivity contribution is -0.128. The van der Waals surface area contributed by atoms with Gasteiger partial charge in [0.05, 0.1) is 17.2 Å². The number of nitrogens with zero attached hydrogens (tertiary/aromatic N) is 4. The lowest BCUT2D eigenvalue weighted by atomic mass is 9.82. The predicted molar refractivity (Wildman–Crippen MR) is 146 cm³/mol. The highest BCUT2D eigenvalue weighted by Crippen LogP contribution is 2.34. The Morgan fingerprint density at radius 1 is 1.22 bits per heavy atom. The number of amides is 1. The summed E-state index contributed by atoms with van der Waals surface area (Å²) in [5.41, 5.74) is 7.10.